The van der Waals surface area contributed by atoms with Crippen molar-refractivity contribution in [3.63, 3.8) is 0 Å². The van der Waals surface area contributed by atoms with Gasteiger partial charge in [0.05, 0.1) is 0 Å². The maximum Gasteiger partial charge on any atom is 0.261 e. The molecule has 0 aromatic heterocycles. The van der Waals surface area contributed by atoms with E-state index in [2.05, 4.69) is 24.4 Å². The molecular formula is C24H28N2O. The molecule has 0 spiro atoms. The van der Waals surface area contributed by atoms with Crippen molar-refractivity contribution in [2.24, 2.45) is 0 Å². The lowest BCUT2D eigenvalue weighted by Crippen LogP contribution is -2.25. The van der Waals surface area contributed by atoms with Crippen LogP contribution in [-0.4, -0.2) is 12.5 Å². The average Bonchev–Trinajstić information content (AvgIpc) is 2.72. The van der Waals surface area contributed by atoms with Crippen LogP contribution in [0.3, 0.4) is 0 Å². The quantitative estimate of drug-likeness (QED) is 0.334. The lowest BCUT2D eigenvalue weighted by Gasteiger charge is -2.05. The number of hydrogen-bond donors (Lipinski definition) is 1. The van der Waals surface area contributed by atoms with E-state index in [1.54, 1.807) is 6.08 Å². The normalized spacial score (nSPS) is 11.0. The highest BCUT2D eigenvalue weighted by Crippen LogP contribution is 2.20. The maximum absolute atomic E-state index is 12.2. The molecule has 2 rings (SSSR count). The van der Waals surface area contributed by atoms with Crippen LogP contribution < -0.4 is 5.32 Å². The fraction of sp³-hybridized carbons (Fsp3) is 0.333. The number of unbranched alkanes of at least 4 members (excludes halogenated alkanes) is 5. The molecule has 0 heterocycles. The van der Waals surface area contributed by atoms with E-state index >= 15 is 0 Å². The molecular weight excluding hydrogens is 332 g/mol. The molecule has 27 heavy (non-hydrogen) atoms. The highest BCUT2D eigenvalue weighted by molar-refractivity contribution is 6.01. The average molecular weight is 361 g/mol. The van der Waals surface area contributed by atoms with Crippen molar-refractivity contribution in [2.75, 3.05) is 6.54 Å². The first-order valence-electron chi connectivity index (χ1n) is 9.80. The van der Waals surface area contributed by atoms with Gasteiger partial charge in [-0.25, -0.2) is 0 Å². The molecule has 0 bridgehead atoms. The van der Waals surface area contributed by atoms with Crippen LogP contribution in [0.25, 0.3) is 17.2 Å². The van der Waals surface area contributed by atoms with Gasteiger partial charge in [0.25, 0.3) is 5.91 Å². The Balaban J connectivity index is 1.87. The molecule has 2 aromatic rings. The Bertz CT molecular complexity index is 770. The fourth-order valence-electron chi connectivity index (χ4n) is 2.92. The Hall–Kier alpha value is -2.86. The maximum atomic E-state index is 12.2. The molecule has 3 nitrogen and oxygen atoms in total. The second-order valence-electron chi connectivity index (χ2n) is 6.68. The number of carbonyl (C=O) groups excluding carboxylic acids is 1. The molecule has 0 fully saturated rings. The van der Waals surface area contributed by atoms with Crippen LogP contribution >= 0.6 is 0 Å². The van der Waals surface area contributed by atoms with Gasteiger partial charge in [0, 0.05) is 6.54 Å². The van der Waals surface area contributed by atoms with Crippen molar-refractivity contribution in [2.45, 2.75) is 45.4 Å². The molecule has 0 unspecified atom stereocenters. The predicted molar refractivity (Wildman–Crippen MR) is 112 cm³/mol. The van der Waals surface area contributed by atoms with E-state index in [-0.39, 0.29) is 11.5 Å². The fourth-order valence-corrected chi connectivity index (χ4v) is 2.92. The van der Waals surface area contributed by atoms with Crippen molar-refractivity contribution in [3.05, 3.63) is 65.7 Å². The lowest BCUT2D eigenvalue weighted by atomic mass is 10.0. The molecule has 140 valence electrons. The Morgan fingerprint density at radius 1 is 0.926 bits per heavy atom. The third kappa shape index (κ3) is 7.11. The Morgan fingerprint density at radius 2 is 1.56 bits per heavy atom. The minimum absolute atomic E-state index is 0.147. The zero-order chi connectivity index (χ0) is 19.3. The van der Waals surface area contributed by atoms with Gasteiger partial charge in [-0.1, -0.05) is 93.6 Å². The molecule has 0 aliphatic heterocycles. The molecule has 0 aliphatic carbocycles. The number of benzene rings is 2. The minimum Gasteiger partial charge on any atom is -0.351 e. The standard InChI is InChI=1S/C24H28N2O/c1-2-3-4-5-6-10-17-26-24(27)23(19-25)18-20-13-15-22(16-14-20)21-11-8-7-9-12-21/h7-9,11-16,18H,2-6,10,17H2,1H3,(H,26,27). The largest absolute Gasteiger partial charge is 0.351 e. The first-order valence-corrected chi connectivity index (χ1v) is 9.80. The van der Waals surface area contributed by atoms with E-state index < -0.39 is 0 Å². The van der Waals surface area contributed by atoms with Crippen LogP contribution in [0, 0.1) is 11.3 Å². The zero-order valence-corrected chi connectivity index (χ0v) is 16.1. The van der Waals surface area contributed by atoms with Crippen molar-refractivity contribution in [1.29, 1.82) is 5.26 Å². The summed E-state index contributed by atoms with van der Waals surface area (Å²) in [7, 11) is 0. The molecule has 1 N–H and O–H groups in total. The summed E-state index contributed by atoms with van der Waals surface area (Å²) in [6.45, 7) is 2.82. The summed E-state index contributed by atoms with van der Waals surface area (Å²) >= 11 is 0. The molecule has 0 radical (unpaired) electrons. The number of rotatable bonds is 10. The Kier molecular flexibility index (Phi) is 8.86. The van der Waals surface area contributed by atoms with Gasteiger partial charge in [-0.05, 0) is 29.2 Å². The van der Waals surface area contributed by atoms with E-state index in [1.807, 2.05) is 48.5 Å². The monoisotopic (exact) mass is 360 g/mol. The summed E-state index contributed by atoms with van der Waals surface area (Å²) < 4.78 is 0. The SMILES string of the molecule is CCCCCCCCNC(=O)C(C#N)=Cc1ccc(-c2ccccc2)cc1. The topological polar surface area (TPSA) is 52.9 Å². The van der Waals surface area contributed by atoms with E-state index in [0.29, 0.717) is 6.54 Å². The van der Waals surface area contributed by atoms with E-state index in [1.165, 1.54) is 25.7 Å². The van der Waals surface area contributed by atoms with Gasteiger partial charge in [-0.3, -0.25) is 4.79 Å². The van der Waals surface area contributed by atoms with Crippen LogP contribution in [0.15, 0.2) is 60.2 Å². The van der Waals surface area contributed by atoms with Crippen LogP contribution in [0.4, 0.5) is 0 Å². The van der Waals surface area contributed by atoms with Crippen molar-refractivity contribution < 1.29 is 4.79 Å². The van der Waals surface area contributed by atoms with Crippen molar-refractivity contribution >= 4 is 12.0 Å². The van der Waals surface area contributed by atoms with Gasteiger partial charge in [0.15, 0.2) is 0 Å². The van der Waals surface area contributed by atoms with Crippen LogP contribution in [-0.2, 0) is 4.79 Å². The van der Waals surface area contributed by atoms with Gasteiger partial charge in [-0.15, -0.1) is 0 Å². The molecule has 1 amide bonds. The number of nitrogens with one attached hydrogen (secondary N) is 1. The number of amides is 1. The summed E-state index contributed by atoms with van der Waals surface area (Å²) in [5.41, 5.74) is 3.25. The Labute approximate surface area is 162 Å². The van der Waals surface area contributed by atoms with Gasteiger partial charge in [0.2, 0.25) is 0 Å². The van der Waals surface area contributed by atoms with Gasteiger partial charge >= 0.3 is 0 Å². The van der Waals surface area contributed by atoms with Crippen molar-refractivity contribution in [1.82, 2.24) is 5.32 Å². The molecule has 0 saturated carbocycles. The van der Waals surface area contributed by atoms with Gasteiger partial charge in [0.1, 0.15) is 11.6 Å². The Morgan fingerprint density at radius 3 is 2.22 bits per heavy atom. The molecule has 0 saturated heterocycles. The smallest absolute Gasteiger partial charge is 0.261 e. The second-order valence-corrected chi connectivity index (χ2v) is 6.68. The number of nitrogens with zero attached hydrogens (tertiary/aromatic N) is 1. The summed E-state index contributed by atoms with van der Waals surface area (Å²) in [5, 5.41) is 12.2. The number of carbonyl (C=O) groups is 1. The van der Waals surface area contributed by atoms with Crippen molar-refractivity contribution in [3.8, 4) is 17.2 Å². The summed E-state index contributed by atoms with van der Waals surface area (Å²) in [4.78, 5) is 12.2. The van der Waals surface area contributed by atoms with E-state index in [0.717, 1.165) is 29.5 Å². The molecule has 0 atom stereocenters. The minimum atomic E-state index is -0.293. The zero-order valence-electron chi connectivity index (χ0n) is 16.1. The predicted octanol–water partition coefficient (Wildman–Crippen LogP) is 5.74. The highest BCUT2D eigenvalue weighted by Gasteiger charge is 2.08. The van der Waals surface area contributed by atoms with Gasteiger partial charge < -0.3 is 5.32 Å². The second kappa shape index (κ2) is 11.7. The summed E-state index contributed by atoms with van der Waals surface area (Å²) in [6, 6.07) is 20.0. The summed E-state index contributed by atoms with van der Waals surface area (Å²) in [5.74, 6) is -0.293. The van der Waals surface area contributed by atoms with E-state index in [9.17, 15) is 10.1 Å². The first-order chi connectivity index (χ1) is 13.2. The third-order valence-electron chi connectivity index (χ3n) is 4.51. The lowest BCUT2D eigenvalue weighted by molar-refractivity contribution is -0.117. The van der Waals surface area contributed by atoms with E-state index in [4.69, 9.17) is 0 Å². The molecule has 0 aliphatic rings. The van der Waals surface area contributed by atoms with Crippen LogP contribution in [0.5, 0.6) is 0 Å². The summed E-state index contributed by atoms with van der Waals surface area (Å²) in [6.07, 6.45) is 8.69. The van der Waals surface area contributed by atoms with Gasteiger partial charge in [-0.2, -0.15) is 5.26 Å². The first kappa shape index (κ1) is 20.5. The third-order valence-corrected chi connectivity index (χ3v) is 4.51. The number of nitriles is 1. The number of hydrogen-bond acceptors (Lipinski definition) is 2. The van der Waals surface area contributed by atoms with Crippen LogP contribution in [0.1, 0.15) is 51.0 Å². The molecule has 2 aromatic carbocycles. The molecule has 3 heteroatoms. The van der Waals surface area contributed by atoms with Crippen LogP contribution in [0.2, 0.25) is 0 Å². The highest BCUT2D eigenvalue weighted by atomic mass is 16.1.